The number of pyridine rings is 2. The van der Waals surface area contributed by atoms with Crippen molar-refractivity contribution in [1.82, 2.24) is 33.3 Å². The summed E-state index contributed by atoms with van der Waals surface area (Å²) < 4.78 is 91.5. The lowest BCUT2D eigenvalue weighted by Crippen LogP contribution is -2.28. The van der Waals surface area contributed by atoms with Crippen LogP contribution in [0.25, 0.3) is 0 Å². The van der Waals surface area contributed by atoms with E-state index in [1.807, 2.05) is 0 Å². The Kier molecular flexibility index (Phi) is 19.0. The number of rotatable bonds is 12. The average Bonchev–Trinajstić information content (AvgIpc) is 4.01. The molecule has 3 unspecified atom stereocenters. The van der Waals surface area contributed by atoms with Crippen molar-refractivity contribution in [1.29, 1.82) is 0 Å². The van der Waals surface area contributed by atoms with Gasteiger partial charge in [-0.3, -0.25) is 14.5 Å². The van der Waals surface area contributed by atoms with Crippen LogP contribution in [0, 0.1) is 35.5 Å². The predicted molar refractivity (Wildman–Crippen MR) is 225 cm³/mol. The normalized spacial score (nSPS) is 19.4. The number of thiol groups is 3. The van der Waals surface area contributed by atoms with Gasteiger partial charge in [-0.15, -0.1) is 17.8 Å². The standard InChI is InChI=1S/2C12H14N2O4S2.C11H13N3O4S2/c1-2-3-6-17-12-5-4-11(7-13-12)20(15,16)14-8-10(19)9-18-14;1-2-3-6-17-10-4-5-12(13-7-10)20(15,16)14-8-11(19)9-18-14;1-2-3-4-17-10-5-13-11(6-12-10)20(15,16)14-7-9(19)8-18-14/h4-5,7,10,19H,6,8-9H2,1H3;4-5,7,11,19H,6,8-9H2,1H3;5-6,9,19H,4,7-8H2,1H3. The summed E-state index contributed by atoms with van der Waals surface area (Å²) >= 11 is 12.5. The quantitative estimate of drug-likeness (QED) is 0.173. The summed E-state index contributed by atoms with van der Waals surface area (Å²) in [7, 11) is -11.3. The van der Waals surface area contributed by atoms with Crippen LogP contribution in [-0.2, 0) is 44.6 Å². The van der Waals surface area contributed by atoms with Gasteiger partial charge in [0, 0.05) is 21.8 Å². The second-order valence-corrected chi connectivity index (χ2v) is 19.4. The highest BCUT2D eigenvalue weighted by Gasteiger charge is 2.35. The van der Waals surface area contributed by atoms with Crippen LogP contribution in [0.4, 0.5) is 0 Å². The second-order valence-electron chi connectivity index (χ2n) is 11.8. The van der Waals surface area contributed by atoms with Crippen molar-refractivity contribution < 1.29 is 54.0 Å². The zero-order valence-corrected chi connectivity index (χ0v) is 37.4. The van der Waals surface area contributed by atoms with Gasteiger partial charge in [-0.25, -0.2) is 45.2 Å². The molecule has 0 spiro atoms. The Morgan fingerprint density at radius 1 is 0.567 bits per heavy atom. The molecule has 25 heteroatoms. The lowest BCUT2D eigenvalue weighted by atomic mass is 10.5. The molecule has 0 aromatic carbocycles. The molecular formula is C35H41N7O12S6. The van der Waals surface area contributed by atoms with Gasteiger partial charge >= 0.3 is 0 Å². The minimum Gasteiger partial charge on any atom is -0.479 e. The SMILES string of the molecule is CC#CCOc1ccc(S(=O)(=O)N2CC(S)CO2)cn1.CC#CCOc1ccc(S(=O)(=O)N2CC(S)CO2)nc1.CC#CCOc1cnc(S(=O)(=O)N2CC(S)CO2)cn1. The molecular weight excluding hydrogens is 903 g/mol. The van der Waals surface area contributed by atoms with E-state index in [0.29, 0.717) is 11.6 Å². The summed E-state index contributed by atoms with van der Waals surface area (Å²) in [5, 5.41) is -0.677. The van der Waals surface area contributed by atoms with Gasteiger partial charge in [0.15, 0.2) is 23.3 Å². The zero-order chi connectivity index (χ0) is 43.8. The van der Waals surface area contributed by atoms with Crippen LogP contribution < -0.4 is 14.2 Å². The molecule has 3 aliphatic rings. The Morgan fingerprint density at radius 3 is 1.45 bits per heavy atom. The molecule has 60 heavy (non-hydrogen) atoms. The van der Waals surface area contributed by atoms with Gasteiger partial charge in [0.2, 0.25) is 11.8 Å². The predicted octanol–water partition coefficient (Wildman–Crippen LogP) is 1.55. The van der Waals surface area contributed by atoms with Crippen LogP contribution in [-0.4, -0.2) is 134 Å². The zero-order valence-electron chi connectivity index (χ0n) is 32.3. The molecule has 0 aliphatic carbocycles. The third-order valence-corrected chi connectivity index (χ3v) is 13.0. The number of ether oxygens (including phenoxy) is 3. The molecule has 19 nitrogen and oxygen atoms in total. The van der Waals surface area contributed by atoms with Crippen molar-refractivity contribution in [2.45, 2.75) is 51.5 Å². The lowest BCUT2D eigenvalue weighted by Gasteiger charge is -2.14. The fourth-order valence-electron chi connectivity index (χ4n) is 4.45. The molecule has 3 fully saturated rings. The molecule has 3 saturated heterocycles. The third kappa shape index (κ3) is 14.1. The minimum absolute atomic E-state index is 0.0499. The topological polar surface area (TPSA) is 219 Å². The summed E-state index contributed by atoms with van der Waals surface area (Å²) in [4.78, 5) is 30.8. The van der Waals surface area contributed by atoms with Gasteiger partial charge < -0.3 is 14.2 Å². The highest BCUT2D eigenvalue weighted by Crippen LogP contribution is 2.24. The lowest BCUT2D eigenvalue weighted by molar-refractivity contribution is -0.0285. The maximum Gasteiger partial charge on any atom is 0.284 e. The summed E-state index contributed by atoms with van der Waals surface area (Å²) in [6.07, 6.45) is 4.94. The van der Waals surface area contributed by atoms with E-state index >= 15 is 0 Å². The first kappa shape index (κ1) is 48.8. The fraction of sp³-hybridized carbons (Fsp3) is 0.429. The first-order chi connectivity index (χ1) is 28.6. The number of hydroxylamine groups is 3. The van der Waals surface area contributed by atoms with Gasteiger partial charge in [-0.2, -0.15) is 37.9 Å². The van der Waals surface area contributed by atoms with E-state index in [0.717, 1.165) is 19.6 Å². The first-order valence-corrected chi connectivity index (χ1v) is 23.3. The highest BCUT2D eigenvalue weighted by molar-refractivity contribution is 7.89. The Balaban J connectivity index is 0.000000198. The Hall–Kier alpha value is -3.88. The molecule has 3 aliphatic heterocycles. The largest absolute Gasteiger partial charge is 0.479 e. The van der Waals surface area contributed by atoms with Gasteiger partial charge in [0.25, 0.3) is 30.1 Å². The third-order valence-electron chi connectivity index (χ3n) is 7.39. The van der Waals surface area contributed by atoms with Gasteiger partial charge in [-0.1, -0.05) is 31.2 Å². The van der Waals surface area contributed by atoms with Crippen molar-refractivity contribution in [3.63, 3.8) is 0 Å². The van der Waals surface area contributed by atoms with Gasteiger partial charge in [0.1, 0.15) is 17.3 Å². The van der Waals surface area contributed by atoms with E-state index in [4.69, 9.17) is 28.7 Å². The summed E-state index contributed by atoms with van der Waals surface area (Å²) in [5.74, 6) is 17.2. The van der Waals surface area contributed by atoms with Crippen molar-refractivity contribution >= 4 is 68.0 Å². The van der Waals surface area contributed by atoms with Crippen LogP contribution in [0.2, 0.25) is 0 Å². The van der Waals surface area contributed by atoms with Crippen molar-refractivity contribution in [2.24, 2.45) is 0 Å². The van der Waals surface area contributed by atoms with Crippen LogP contribution in [0.3, 0.4) is 0 Å². The van der Waals surface area contributed by atoms with Crippen molar-refractivity contribution in [2.75, 3.05) is 59.3 Å². The molecule has 0 bridgehead atoms. The number of aromatic nitrogens is 4. The number of sulfonamides is 3. The Bertz CT molecular complexity index is 2130. The number of nitrogens with zero attached hydrogens (tertiary/aromatic N) is 7. The van der Waals surface area contributed by atoms with Crippen molar-refractivity contribution in [3.8, 4) is 53.0 Å². The van der Waals surface area contributed by atoms with E-state index in [2.05, 4.69) is 93.3 Å². The van der Waals surface area contributed by atoms with E-state index < -0.39 is 30.1 Å². The smallest absolute Gasteiger partial charge is 0.284 e. The van der Waals surface area contributed by atoms with Crippen LogP contribution in [0.1, 0.15) is 20.8 Å². The molecule has 3 aromatic rings. The second kappa shape index (κ2) is 23.4. The molecule has 3 atom stereocenters. The fourth-order valence-corrected chi connectivity index (χ4v) is 9.03. The monoisotopic (exact) mass is 943 g/mol. The maximum absolute atomic E-state index is 12.2. The molecule has 0 saturated carbocycles. The minimum atomic E-state index is -3.81. The highest BCUT2D eigenvalue weighted by atomic mass is 32.2. The summed E-state index contributed by atoms with van der Waals surface area (Å²) in [6.45, 7) is 7.11. The van der Waals surface area contributed by atoms with E-state index in [1.165, 1.54) is 42.9 Å². The molecule has 3 aromatic heterocycles. The number of hydrogen-bond acceptors (Lipinski definition) is 19. The molecule has 324 valence electrons. The molecule has 6 rings (SSSR count). The maximum atomic E-state index is 12.2. The summed E-state index contributed by atoms with van der Waals surface area (Å²) in [5.41, 5.74) is 0. The van der Waals surface area contributed by atoms with E-state index in [1.54, 1.807) is 20.8 Å². The van der Waals surface area contributed by atoms with E-state index in [9.17, 15) is 25.3 Å². The molecule has 6 heterocycles. The number of hydrogen-bond donors (Lipinski definition) is 3. The average molecular weight is 944 g/mol. The van der Waals surface area contributed by atoms with Crippen LogP contribution in [0.15, 0.2) is 64.0 Å². The molecule has 0 amide bonds. The Morgan fingerprint density at radius 2 is 1.03 bits per heavy atom. The first-order valence-electron chi connectivity index (χ1n) is 17.4. The van der Waals surface area contributed by atoms with Crippen LogP contribution >= 0.6 is 37.9 Å². The molecule has 0 radical (unpaired) electrons. The molecule has 0 N–H and O–H groups in total. The summed E-state index contributed by atoms with van der Waals surface area (Å²) in [6, 6.07) is 5.81. The van der Waals surface area contributed by atoms with E-state index in [-0.39, 0.29) is 95.9 Å². The van der Waals surface area contributed by atoms with Gasteiger partial charge in [0.05, 0.1) is 64.2 Å². The Labute approximate surface area is 366 Å². The van der Waals surface area contributed by atoms with Crippen molar-refractivity contribution in [3.05, 3.63) is 49.1 Å². The van der Waals surface area contributed by atoms with Gasteiger partial charge in [-0.05, 0) is 39.0 Å². The van der Waals surface area contributed by atoms with Crippen LogP contribution in [0.5, 0.6) is 17.5 Å².